The number of hydrogen-bond acceptors (Lipinski definition) is 5. The molecule has 0 aliphatic carbocycles. The molecule has 0 aliphatic rings. The van der Waals surface area contributed by atoms with Gasteiger partial charge in [-0.25, -0.2) is 4.79 Å². The van der Waals surface area contributed by atoms with Crippen molar-refractivity contribution in [1.82, 2.24) is 0 Å². The Morgan fingerprint density at radius 3 is 1.81 bits per heavy atom. The molecule has 47 heavy (non-hydrogen) atoms. The maximum absolute atomic E-state index is 12.9. The highest BCUT2D eigenvalue weighted by Crippen LogP contribution is 2.28. The Labute approximate surface area is 281 Å². The fraction of sp³-hybridized carbons (Fsp3) is 0.429. The second-order valence-electron chi connectivity index (χ2n) is 12.5. The van der Waals surface area contributed by atoms with Crippen LogP contribution in [0.5, 0.6) is 11.5 Å². The van der Waals surface area contributed by atoms with Crippen molar-refractivity contribution in [1.29, 1.82) is 0 Å². The number of carbonyl (C=O) groups excluding carboxylic acids is 2. The van der Waals surface area contributed by atoms with Crippen LogP contribution in [0.2, 0.25) is 0 Å². The molecule has 4 aromatic carbocycles. The summed E-state index contributed by atoms with van der Waals surface area (Å²) >= 11 is 0. The molecule has 0 unspecified atom stereocenters. The van der Waals surface area contributed by atoms with E-state index < -0.39 is 5.97 Å². The molecule has 0 aromatic heterocycles. The Bertz CT molecular complexity index is 1540. The molecule has 0 aliphatic heterocycles. The number of ether oxygens (including phenoxy) is 3. The lowest BCUT2D eigenvalue weighted by molar-refractivity contribution is -0.150. The van der Waals surface area contributed by atoms with Gasteiger partial charge < -0.3 is 14.2 Å². The molecule has 1 atom stereocenters. The van der Waals surface area contributed by atoms with E-state index in [1.165, 1.54) is 51.4 Å². The lowest BCUT2D eigenvalue weighted by atomic mass is 9.97. The number of esters is 2. The Morgan fingerprint density at radius 1 is 0.617 bits per heavy atom. The predicted octanol–water partition coefficient (Wildman–Crippen LogP) is 11.5. The van der Waals surface area contributed by atoms with E-state index >= 15 is 0 Å². The number of unbranched alkanes of at least 4 members (excludes halogenated alkanes) is 8. The van der Waals surface area contributed by atoms with Gasteiger partial charge in [0.2, 0.25) is 0 Å². The number of benzene rings is 4. The average molecular weight is 637 g/mol. The zero-order chi connectivity index (χ0) is 33.4. The molecule has 0 amide bonds. The second-order valence-corrected chi connectivity index (χ2v) is 12.5. The van der Waals surface area contributed by atoms with E-state index in [-0.39, 0.29) is 18.0 Å². The van der Waals surface area contributed by atoms with E-state index in [1.54, 1.807) is 18.2 Å². The van der Waals surface area contributed by atoms with Crippen molar-refractivity contribution in [3.05, 3.63) is 96.1 Å². The van der Waals surface area contributed by atoms with Crippen molar-refractivity contribution >= 4 is 22.7 Å². The SMILES string of the molecule is CCCCCCCCCCCOc1ccc(-c2ccc(C(=O)Oc3ccc4cc([C@H](C)C(=O)OC(CC)CC)ccc4c3)cc2)cc1. The quantitative estimate of drug-likeness (QED) is 0.0582. The van der Waals surface area contributed by atoms with Gasteiger partial charge in [0.05, 0.1) is 18.1 Å². The number of hydrogen-bond donors (Lipinski definition) is 0. The van der Waals surface area contributed by atoms with Gasteiger partial charge in [-0.2, -0.15) is 0 Å². The third-order valence-corrected chi connectivity index (χ3v) is 8.92. The molecule has 5 heteroatoms. The van der Waals surface area contributed by atoms with Crippen molar-refractivity contribution < 1.29 is 23.8 Å². The van der Waals surface area contributed by atoms with Gasteiger partial charge in [0.1, 0.15) is 17.6 Å². The molecular formula is C42H52O5. The molecule has 0 spiro atoms. The van der Waals surface area contributed by atoms with Gasteiger partial charge in [0.15, 0.2) is 0 Å². The second kappa shape index (κ2) is 18.9. The summed E-state index contributed by atoms with van der Waals surface area (Å²) in [6, 6.07) is 27.0. The van der Waals surface area contributed by atoms with Gasteiger partial charge in [-0.3, -0.25) is 4.79 Å². The van der Waals surface area contributed by atoms with Crippen LogP contribution in [-0.4, -0.2) is 24.6 Å². The first-order valence-corrected chi connectivity index (χ1v) is 17.7. The minimum absolute atomic E-state index is 0.0515. The molecule has 0 saturated carbocycles. The van der Waals surface area contributed by atoms with E-state index in [4.69, 9.17) is 14.2 Å². The summed E-state index contributed by atoms with van der Waals surface area (Å²) in [6.07, 6.45) is 13.3. The summed E-state index contributed by atoms with van der Waals surface area (Å²) in [7, 11) is 0. The van der Waals surface area contributed by atoms with Gasteiger partial charge in [0.25, 0.3) is 0 Å². The van der Waals surface area contributed by atoms with Gasteiger partial charge in [-0.15, -0.1) is 0 Å². The van der Waals surface area contributed by atoms with E-state index in [1.807, 2.05) is 75.4 Å². The zero-order valence-electron chi connectivity index (χ0n) is 28.8. The van der Waals surface area contributed by atoms with Gasteiger partial charge in [-0.1, -0.05) is 121 Å². The zero-order valence-corrected chi connectivity index (χ0v) is 28.8. The van der Waals surface area contributed by atoms with Gasteiger partial charge in [0, 0.05) is 0 Å². The van der Waals surface area contributed by atoms with Crippen molar-refractivity contribution in [3.63, 3.8) is 0 Å². The molecule has 4 aromatic rings. The summed E-state index contributed by atoms with van der Waals surface area (Å²) in [5, 5.41) is 1.89. The first kappa shape index (κ1) is 35.7. The van der Waals surface area contributed by atoms with Gasteiger partial charge >= 0.3 is 11.9 Å². The van der Waals surface area contributed by atoms with Crippen molar-refractivity contribution in [2.75, 3.05) is 6.61 Å². The van der Waals surface area contributed by atoms with E-state index in [0.29, 0.717) is 11.3 Å². The van der Waals surface area contributed by atoms with Crippen LogP contribution in [-0.2, 0) is 9.53 Å². The average Bonchev–Trinajstić information content (AvgIpc) is 3.11. The third-order valence-electron chi connectivity index (χ3n) is 8.92. The standard InChI is InChI=1S/C42H52O5/c1-5-8-9-10-11-12-13-14-15-28-45-39-25-22-33(23-26-39)32-16-18-34(19-17-32)42(44)47-40-27-24-36-29-35(20-21-37(36)30-40)31(4)41(43)46-38(6-2)7-3/h16-27,29-31,38H,5-15,28H2,1-4H3/t31-/m0/s1. The predicted molar refractivity (Wildman–Crippen MR) is 192 cm³/mol. The molecule has 250 valence electrons. The maximum Gasteiger partial charge on any atom is 0.343 e. The molecule has 0 bridgehead atoms. The molecular weight excluding hydrogens is 584 g/mol. The summed E-state index contributed by atoms with van der Waals surface area (Å²) in [6.45, 7) is 8.93. The van der Waals surface area contributed by atoms with Gasteiger partial charge in [-0.05, 0) is 90.0 Å². The molecule has 4 rings (SSSR count). The van der Waals surface area contributed by atoms with Crippen LogP contribution in [0.4, 0.5) is 0 Å². The summed E-state index contributed by atoms with van der Waals surface area (Å²) in [5.41, 5.74) is 3.46. The number of fused-ring (bicyclic) bond motifs is 1. The normalized spacial score (nSPS) is 11.9. The highest BCUT2D eigenvalue weighted by atomic mass is 16.5. The van der Waals surface area contributed by atoms with Crippen LogP contribution >= 0.6 is 0 Å². The van der Waals surface area contributed by atoms with Crippen LogP contribution in [0.15, 0.2) is 84.9 Å². The topological polar surface area (TPSA) is 61.8 Å². The molecule has 0 heterocycles. The minimum Gasteiger partial charge on any atom is -0.494 e. The first-order chi connectivity index (χ1) is 22.9. The Morgan fingerprint density at radius 2 is 1.17 bits per heavy atom. The largest absolute Gasteiger partial charge is 0.494 e. The summed E-state index contributed by atoms with van der Waals surface area (Å²) in [5.74, 6) is 0.375. The van der Waals surface area contributed by atoms with Crippen LogP contribution < -0.4 is 9.47 Å². The molecule has 0 saturated heterocycles. The third kappa shape index (κ3) is 11.0. The Balaban J connectivity index is 1.25. The lowest BCUT2D eigenvalue weighted by Crippen LogP contribution is -2.20. The molecule has 5 nitrogen and oxygen atoms in total. The molecule has 0 N–H and O–H groups in total. The Kier molecular flexibility index (Phi) is 14.4. The molecule has 0 radical (unpaired) electrons. The van der Waals surface area contributed by atoms with Crippen LogP contribution in [0.25, 0.3) is 21.9 Å². The highest BCUT2D eigenvalue weighted by Gasteiger charge is 2.20. The van der Waals surface area contributed by atoms with Crippen LogP contribution in [0.3, 0.4) is 0 Å². The van der Waals surface area contributed by atoms with E-state index in [9.17, 15) is 9.59 Å². The Hall–Kier alpha value is -4.12. The van der Waals surface area contributed by atoms with Crippen molar-refractivity contribution in [2.45, 2.75) is 110 Å². The van der Waals surface area contributed by atoms with E-state index in [0.717, 1.165) is 59.1 Å². The molecule has 0 fully saturated rings. The monoisotopic (exact) mass is 636 g/mol. The lowest BCUT2D eigenvalue weighted by Gasteiger charge is -2.18. The number of rotatable bonds is 19. The van der Waals surface area contributed by atoms with Crippen molar-refractivity contribution in [3.8, 4) is 22.6 Å². The first-order valence-electron chi connectivity index (χ1n) is 17.7. The minimum atomic E-state index is -0.412. The highest BCUT2D eigenvalue weighted by molar-refractivity contribution is 5.93. The smallest absolute Gasteiger partial charge is 0.343 e. The van der Waals surface area contributed by atoms with E-state index in [2.05, 4.69) is 19.1 Å². The van der Waals surface area contributed by atoms with Crippen LogP contribution in [0.1, 0.15) is 120 Å². The summed E-state index contributed by atoms with van der Waals surface area (Å²) in [4.78, 5) is 25.6. The maximum atomic E-state index is 12.9. The van der Waals surface area contributed by atoms with Crippen molar-refractivity contribution in [2.24, 2.45) is 0 Å². The number of carbonyl (C=O) groups is 2. The summed E-state index contributed by atoms with van der Waals surface area (Å²) < 4.78 is 17.3. The fourth-order valence-corrected chi connectivity index (χ4v) is 5.74. The fourth-order valence-electron chi connectivity index (χ4n) is 5.74. The van der Waals surface area contributed by atoms with Crippen LogP contribution in [0, 0.1) is 0 Å².